The first kappa shape index (κ1) is 20.7. The third-order valence-electron chi connectivity index (χ3n) is 5.30. The quantitative estimate of drug-likeness (QED) is 0.263. The van der Waals surface area contributed by atoms with Crippen LogP contribution < -0.4 is 10.6 Å². The van der Waals surface area contributed by atoms with Crippen LogP contribution in [-0.4, -0.2) is 38.7 Å². The second kappa shape index (κ2) is 9.93. The number of aliphatic imine (C=N–C) groups is 1. The number of hydrogen-bond acceptors (Lipinski definition) is 3. The lowest BCUT2D eigenvalue weighted by Gasteiger charge is -2.13. The van der Waals surface area contributed by atoms with Crippen molar-refractivity contribution in [2.75, 3.05) is 13.6 Å². The Morgan fingerprint density at radius 3 is 2.77 bits per heavy atom. The van der Waals surface area contributed by atoms with Crippen molar-refractivity contribution in [2.45, 2.75) is 33.0 Å². The minimum Gasteiger partial charge on any atom is -0.356 e. The number of nitrogens with zero attached hydrogens (tertiary/aromatic N) is 5. The van der Waals surface area contributed by atoms with Gasteiger partial charge in [-0.05, 0) is 36.6 Å². The van der Waals surface area contributed by atoms with E-state index in [0.29, 0.717) is 0 Å². The van der Waals surface area contributed by atoms with Crippen molar-refractivity contribution in [2.24, 2.45) is 4.99 Å². The van der Waals surface area contributed by atoms with Crippen molar-refractivity contribution in [1.82, 2.24) is 29.7 Å². The fourth-order valence-corrected chi connectivity index (χ4v) is 3.76. The number of imidazole rings is 2. The van der Waals surface area contributed by atoms with Crippen LogP contribution in [0, 0.1) is 6.92 Å². The molecule has 0 bridgehead atoms. The molecule has 0 aliphatic rings. The molecule has 0 aliphatic heterocycles. The summed E-state index contributed by atoms with van der Waals surface area (Å²) in [4.78, 5) is 13.1. The third kappa shape index (κ3) is 5.31. The fourth-order valence-electron chi connectivity index (χ4n) is 3.76. The topological polar surface area (TPSA) is 72.1 Å². The van der Waals surface area contributed by atoms with Gasteiger partial charge in [-0.15, -0.1) is 0 Å². The second-order valence-electron chi connectivity index (χ2n) is 7.56. The predicted octanol–water partition coefficient (Wildman–Crippen LogP) is 3.34. The summed E-state index contributed by atoms with van der Waals surface area (Å²) < 4.78 is 4.34. The van der Waals surface area contributed by atoms with Crippen molar-refractivity contribution in [3.8, 4) is 0 Å². The molecule has 0 atom stereocenters. The summed E-state index contributed by atoms with van der Waals surface area (Å²) in [5.74, 6) is 1.87. The lowest BCUT2D eigenvalue weighted by Crippen LogP contribution is -2.37. The Kier molecular flexibility index (Phi) is 6.62. The number of para-hydroxylation sites is 2. The van der Waals surface area contributed by atoms with Crippen LogP contribution in [0.2, 0.25) is 0 Å². The molecule has 2 aromatic heterocycles. The molecule has 0 spiro atoms. The van der Waals surface area contributed by atoms with Gasteiger partial charge in [0.05, 0.1) is 17.4 Å². The van der Waals surface area contributed by atoms with Crippen LogP contribution in [0.25, 0.3) is 11.0 Å². The summed E-state index contributed by atoms with van der Waals surface area (Å²) in [6.07, 6.45) is 6.61. The first-order valence-corrected chi connectivity index (χ1v) is 10.6. The number of guanidine groups is 1. The van der Waals surface area contributed by atoms with E-state index in [1.54, 1.807) is 13.2 Å². The molecule has 2 aromatic carbocycles. The largest absolute Gasteiger partial charge is 0.356 e. The van der Waals surface area contributed by atoms with Gasteiger partial charge in [0.1, 0.15) is 5.82 Å². The summed E-state index contributed by atoms with van der Waals surface area (Å²) in [6, 6.07) is 16.9. The van der Waals surface area contributed by atoms with E-state index in [0.717, 1.165) is 49.9 Å². The summed E-state index contributed by atoms with van der Waals surface area (Å²) in [6.45, 7) is 5.37. The van der Waals surface area contributed by atoms with E-state index < -0.39 is 0 Å². The standard InChI is InChI=1S/C24H29N7/c1-19-29-22-9-3-4-10-23(22)31(19)13-6-11-27-24(25-2)28-16-20-7-5-8-21(15-20)17-30-14-12-26-18-30/h3-5,7-10,12,14-15,18H,6,11,13,16-17H2,1-2H3,(H2,25,27,28). The molecular weight excluding hydrogens is 386 g/mol. The van der Waals surface area contributed by atoms with Gasteiger partial charge in [0.15, 0.2) is 5.96 Å². The van der Waals surface area contributed by atoms with E-state index in [1.807, 2.05) is 18.6 Å². The molecule has 160 valence electrons. The normalized spacial score (nSPS) is 11.7. The molecule has 0 saturated carbocycles. The van der Waals surface area contributed by atoms with Gasteiger partial charge in [-0.3, -0.25) is 4.99 Å². The molecular formula is C24H29N7. The molecule has 4 rings (SSSR count). The van der Waals surface area contributed by atoms with Crippen molar-refractivity contribution >= 4 is 17.0 Å². The van der Waals surface area contributed by atoms with Gasteiger partial charge < -0.3 is 19.8 Å². The lowest BCUT2D eigenvalue weighted by atomic mass is 10.1. The van der Waals surface area contributed by atoms with Crippen molar-refractivity contribution < 1.29 is 0 Å². The Labute approximate surface area is 182 Å². The Balaban J connectivity index is 1.25. The smallest absolute Gasteiger partial charge is 0.191 e. The van der Waals surface area contributed by atoms with Gasteiger partial charge >= 0.3 is 0 Å². The zero-order valence-electron chi connectivity index (χ0n) is 18.1. The minimum absolute atomic E-state index is 0.725. The Morgan fingerprint density at radius 2 is 1.94 bits per heavy atom. The van der Waals surface area contributed by atoms with Crippen LogP contribution in [0.15, 0.2) is 72.2 Å². The molecule has 0 amide bonds. The van der Waals surface area contributed by atoms with Crippen LogP contribution in [0.1, 0.15) is 23.4 Å². The van der Waals surface area contributed by atoms with Crippen LogP contribution >= 0.6 is 0 Å². The predicted molar refractivity (Wildman–Crippen MR) is 125 cm³/mol. The molecule has 0 unspecified atom stereocenters. The maximum absolute atomic E-state index is 4.64. The van der Waals surface area contributed by atoms with Gasteiger partial charge in [0, 0.05) is 45.6 Å². The van der Waals surface area contributed by atoms with Crippen molar-refractivity contribution in [3.63, 3.8) is 0 Å². The number of fused-ring (bicyclic) bond motifs is 1. The van der Waals surface area contributed by atoms with Gasteiger partial charge in [-0.25, -0.2) is 9.97 Å². The Morgan fingerprint density at radius 1 is 1.06 bits per heavy atom. The molecule has 0 saturated heterocycles. The van der Waals surface area contributed by atoms with Crippen molar-refractivity contribution in [1.29, 1.82) is 0 Å². The molecule has 0 aliphatic carbocycles. The monoisotopic (exact) mass is 415 g/mol. The average Bonchev–Trinajstić information content (AvgIpc) is 3.40. The Bertz CT molecular complexity index is 1140. The van der Waals surface area contributed by atoms with Crippen LogP contribution in [0.4, 0.5) is 0 Å². The molecule has 2 heterocycles. The van der Waals surface area contributed by atoms with Gasteiger partial charge in [0.2, 0.25) is 0 Å². The van der Waals surface area contributed by atoms with E-state index in [-0.39, 0.29) is 0 Å². The highest BCUT2D eigenvalue weighted by Crippen LogP contribution is 2.15. The third-order valence-corrected chi connectivity index (χ3v) is 5.30. The second-order valence-corrected chi connectivity index (χ2v) is 7.56. The number of benzene rings is 2. The van der Waals surface area contributed by atoms with Crippen LogP contribution in [-0.2, 0) is 19.6 Å². The molecule has 4 aromatic rings. The van der Waals surface area contributed by atoms with Gasteiger partial charge in [-0.2, -0.15) is 0 Å². The zero-order valence-corrected chi connectivity index (χ0v) is 18.1. The lowest BCUT2D eigenvalue weighted by molar-refractivity contribution is 0.624. The minimum atomic E-state index is 0.725. The maximum atomic E-state index is 4.64. The molecule has 7 heteroatoms. The number of nitrogens with one attached hydrogen (secondary N) is 2. The summed E-state index contributed by atoms with van der Waals surface area (Å²) in [5, 5.41) is 6.82. The van der Waals surface area contributed by atoms with Crippen molar-refractivity contribution in [3.05, 3.63) is 84.2 Å². The van der Waals surface area contributed by atoms with E-state index in [4.69, 9.17) is 0 Å². The summed E-state index contributed by atoms with van der Waals surface area (Å²) in [7, 11) is 1.80. The average molecular weight is 416 g/mol. The highest BCUT2D eigenvalue weighted by atomic mass is 15.2. The summed E-state index contributed by atoms with van der Waals surface area (Å²) >= 11 is 0. The molecule has 2 N–H and O–H groups in total. The Hall–Kier alpha value is -3.61. The number of rotatable bonds is 8. The van der Waals surface area contributed by atoms with Gasteiger partial charge in [-0.1, -0.05) is 36.4 Å². The van der Waals surface area contributed by atoms with E-state index in [9.17, 15) is 0 Å². The van der Waals surface area contributed by atoms with Gasteiger partial charge in [0.25, 0.3) is 0 Å². The SMILES string of the molecule is CN=C(NCCCn1c(C)nc2ccccc21)NCc1cccc(Cn2ccnc2)c1. The van der Waals surface area contributed by atoms with E-state index >= 15 is 0 Å². The molecule has 7 nitrogen and oxygen atoms in total. The maximum Gasteiger partial charge on any atom is 0.191 e. The highest BCUT2D eigenvalue weighted by Gasteiger charge is 2.06. The molecule has 31 heavy (non-hydrogen) atoms. The first-order chi connectivity index (χ1) is 15.2. The molecule has 0 radical (unpaired) electrons. The highest BCUT2D eigenvalue weighted by molar-refractivity contribution is 5.79. The number of aromatic nitrogens is 4. The van der Waals surface area contributed by atoms with E-state index in [2.05, 4.69) is 84.1 Å². The van der Waals surface area contributed by atoms with Crippen LogP contribution in [0.3, 0.4) is 0 Å². The number of hydrogen-bond donors (Lipinski definition) is 2. The molecule has 0 fully saturated rings. The van der Waals surface area contributed by atoms with E-state index in [1.165, 1.54) is 16.6 Å². The first-order valence-electron chi connectivity index (χ1n) is 10.6. The number of aryl methyl sites for hydroxylation is 2. The van der Waals surface area contributed by atoms with Crippen LogP contribution in [0.5, 0.6) is 0 Å². The fraction of sp³-hybridized carbons (Fsp3) is 0.292. The summed E-state index contributed by atoms with van der Waals surface area (Å²) in [5.41, 5.74) is 4.73. The zero-order chi connectivity index (χ0) is 21.5.